The number of benzene rings is 1. The van der Waals surface area contributed by atoms with Crippen LogP contribution < -0.4 is 15.5 Å². The average molecular weight is 293 g/mol. The molecule has 20 heavy (non-hydrogen) atoms. The quantitative estimate of drug-likeness (QED) is 0.491. The summed E-state index contributed by atoms with van der Waals surface area (Å²) in [5, 5.41) is 7.68. The number of thiocarbonyl (C=S) groups is 1. The van der Waals surface area contributed by atoms with Crippen molar-refractivity contribution in [3.05, 3.63) is 29.8 Å². The van der Waals surface area contributed by atoms with E-state index in [4.69, 9.17) is 21.7 Å². The molecule has 1 aliphatic heterocycles. The summed E-state index contributed by atoms with van der Waals surface area (Å²) in [5.74, 6) is 0.774. The van der Waals surface area contributed by atoms with Gasteiger partial charge in [-0.1, -0.05) is 12.1 Å². The fraction of sp³-hybridized carbons (Fsp3) is 0.429. The average Bonchev–Trinajstić information content (AvgIpc) is 2.99. The summed E-state index contributed by atoms with van der Waals surface area (Å²) in [6.45, 7) is 1.56. The zero-order valence-corrected chi connectivity index (χ0v) is 12.3. The van der Waals surface area contributed by atoms with Crippen molar-refractivity contribution in [3.8, 4) is 5.75 Å². The lowest BCUT2D eigenvalue weighted by molar-refractivity contribution is 0.114. The second-order valence-electron chi connectivity index (χ2n) is 4.46. The van der Waals surface area contributed by atoms with Crippen molar-refractivity contribution in [2.45, 2.75) is 18.9 Å². The summed E-state index contributed by atoms with van der Waals surface area (Å²) < 4.78 is 10.7. The third kappa shape index (κ3) is 4.47. The van der Waals surface area contributed by atoms with Gasteiger partial charge >= 0.3 is 0 Å². The van der Waals surface area contributed by atoms with Gasteiger partial charge < -0.3 is 14.8 Å². The summed E-state index contributed by atoms with van der Waals surface area (Å²) in [5.41, 5.74) is 3.68. The van der Waals surface area contributed by atoms with Gasteiger partial charge in [-0.25, -0.2) is 0 Å². The summed E-state index contributed by atoms with van der Waals surface area (Å²) in [6, 6.07) is 7.65. The lowest BCUT2D eigenvalue weighted by Crippen LogP contribution is -2.37. The molecule has 0 radical (unpaired) electrons. The second kappa shape index (κ2) is 7.81. The Hall–Kier alpha value is -1.66. The Morgan fingerprint density at radius 3 is 3.15 bits per heavy atom. The van der Waals surface area contributed by atoms with Gasteiger partial charge in [-0.2, -0.15) is 5.10 Å². The molecule has 1 fully saturated rings. The molecule has 1 saturated heterocycles. The van der Waals surface area contributed by atoms with Crippen LogP contribution >= 0.6 is 12.2 Å². The Labute approximate surface area is 124 Å². The monoisotopic (exact) mass is 293 g/mol. The Balaban J connectivity index is 1.75. The van der Waals surface area contributed by atoms with Crippen molar-refractivity contribution in [2.75, 3.05) is 20.3 Å². The third-order valence-electron chi connectivity index (χ3n) is 3.02. The molecule has 2 rings (SSSR count). The lowest BCUT2D eigenvalue weighted by Gasteiger charge is -2.11. The van der Waals surface area contributed by atoms with E-state index in [0.29, 0.717) is 5.11 Å². The Kier molecular flexibility index (Phi) is 5.76. The molecular weight excluding hydrogens is 274 g/mol. The molecule has 108 valence electrons. The zero-order valence-electron chi connectivity index (χ0n) is 11.5. The van der Waals surface area contributed by atoms with E-state index < -0.39 is 0 Å². The molecule has 1 atom stereocenters. The molecule has 0 unspecified atom stereocenters. The number of methoxy groups -OCH3 is 1. The third-order valence-corrected chi connectivity index (χ3v) is 3.26. The van der Waals surface area contributed by atoms with Crippen molar-refractivity contribution in [2.24, 2.45) is 5.10 Å². The highest BCUT2D eigenvalue weighted by Gasteiger charge is 2.14. The minimum Gasteiger partial charge on any atom is -0.496 e. The molecule has 1 heterocycles. The maximum atomic E-state index is 5.50. The van der Waals surface area contributed by atoms with Gasteiger partial charge in [0.15, 0.2) is 5.11 Å². The van der Waals surface area contributed by atoms with Crippen LogP contribution in [0.3, 0.4) is 0 Å². The summed E-state index contributed by atoms with van der Waals surface area (Å²) in [4.78, 5) is 0. The first kappa shape index (κ1) is 14.7. The van der Waals surface area contributed by atoms with E-state index in [9.17, 15) is 0 Å². The Morgan fingerprint density at radius 1 is 1.55 bits per heavy atom. The first-order valence-corrected chi connectivity index (χ1v) is 7.02. The van der Waals surface area contributed by atoms with Crippen LogP contribution in [0.15, 0.2) is 29.4 Å². The first-order chi connectivity index (χ1) is 9.79. The van der Waals surface area contributed by atoms with Crippen LogP contribution in [0.2, 0.25) is 0 Å². The van der Waals surface area contributed by atoms with Gasteiger partial charge in [0.25, 0.3) is 0 Å². The summed E-state index contributed by atoms with van der Waals surface area (Å²) >= 11 is 5.14. The normalized spacial score (nSPS) is 18.1. The maximum absolute atomic E-state index is 5.50. The van der Waals surface area contributed by atoms with Gasteiger partial charge in [-0.15, -0.1) is 0 Å². The van der Waals surface area contributed by atoms with Gasteiger partial charge in [0.2, 0.25) is 0 Å². The largest absolute Gasteiger partial charge is 0.496 e. The number of para-hydroxylation sites is 1. The van der Waals surface area contributed by atoms with Crippen molar-refractivity contribution in [3.63, 3.8) is 0 Å². The number of ether oxygens (including phenoxy) is 2. The van der Waals surface area contributed by atoms with E-state index in [1.165, 1.54) is 0 Å². The SMILES string of the molecule is COc1ccccc1/C=N\NC(=S)NC[C@H]1CCCO1. The van der Waals surface area contributed by atoms with Gasteiger partial charge in [0.1, 0.15) is 5.75 Å². The number of hydrogen-bond acceptors (Lipinski definition) is 4. The number of rotatable bonds is 5. The molecule has 0 aromatic heterocycles. The van der Waals surface area contributed by atoms with Crippen LogP contribution in [0.5, 0.6) is 5.75 Å². The smallest absolute Gasteiger partial charge is 0.187 e. The molecule has 0 aliphatic carbocycles. The molecule has 1 aromatic carbocycles. The maximum Gasteiger partial charge on any atom is 0.187 e. The number of nitrogens with one attached hydrogen (secondary N) is 2. The fourth-order valence-corrected chi connectivity index (χ4v) is 2.12. The zero-order chi connectivity index (χ0) is 14.2. The van der Waals surface area contributed by atoms with E-state index in [2.05, 4.69) is 15.8 Å². The molecule has 0 bridgehead atoms. The molecule has 0 amide bonds. The van der Waals surface area contributed by atoms with Crippen molar-refractivity contribution in [1.82, 2.24) is 10.7 Å². The predicted molar refractivity (Wildman–Crippen MR) is 83.3 cm³/mol. The standard InChI is InChI=1S/C14H19N3O2S/c1-18-13-7-3-2-5-11(13)9-16-17-14(20)15-10-12-6-4-8-19-12/h2-3,5,7,9,12H,4,6,8,10H2,1H3,(H2,15,17,20)/b16-9-/t12-/m1/s1. The highest BCUT2D eigenvalue weighted by atomic mass is 32.1. The highest BCUT2D eigenvalue weighted by molar-refractivity contribution is 7.80. The van der Waals surface area contributed by atoms with Crippen LogP contribution in [-0.4, -0.2) is 37.7 Å². The van der Waals surface area contributed by atoms with E-state index in [-0.39, 0.29) is 6.10 Å². The van der Waals surface area contributed by atoms with E-state index in [1.807, 2.05) is 24.3 Å². The predicted octanol–water partition coefficient (Wildman–Crippen LogP) is 1.67. The fourth-order valence-electron chi connectivity index (χ4n) is 1.98. The summed E-state index contributed by atoms with van der Waals surface area (Å²) in [6.07, 6.45) is 4.14. The number of hydrazone groups is 1. The molecule has 5 nitrogen and oxygen atoms in total. The van der Waals surface area contributed by atoms with Gasteiger partial charge in [0.05, 0.1) is 19.4 Å². The molecule has 0 spiro atoms. The minimum absolute atomic E-state index is 0.257. The molecule has 1 aliphatic rings. The minimum atomic E-state index is 0.257. The van der Waals surface area contributed by atoms with Gasteiger partial charge in [-0.05, 0) is 37.2 Å². The van der Waals surface area contributed by atoms with E-state index >= 15 is 0 Å². The van der Waals surface area contributed by atoms with Crippen molar-refractivity contribution in [1.29, 1.82) is 0 Å². The topological polar surface area (TPSA) is 54.9 Å². The summed E-state index contributed by atoms with van der Waals surface area (Å²) in [7, 11) is 1.63. The van der Waals surface area contributed by atoms with Crippen LogP contribution in [0, 0.1) is 0 Å². The molecular formula is C14H19N3O2S. The first-order valence-electron chi connectivity index (χ1n) is 6.61. The van der Waals surface area contributed by atoms with Crippen LogP contribution in [0.1, 0.15) is 18.4 Å². The molecule has 1 aromatic rings. The number of nitrogens with zero attached hydrogens (tertiary/aromatic N) is 1. The van der Waals surface area contributed by atoms with Crippen molar-refractivity contribution < 1.29 is 9.47 Å². The van der Waals surface area contributed by atoms with E-state index in [0.717, 1.165) is 37.3 Å². The molecule has 0 saturated carbocycles. The molecule has 2 N–H and O–H groups in total. The van der Waals surface area contributed by atoms with Gasteiger partial charge in [0, 0.05) is 18.7 Å². The van der Waals surface area contributed by atoms with Gasteiger partial charge in [-0.3, -0.25) is 5.43 Å². The number of hydrogen-bond donors (Lipinski definition) is 2. The van der Waals surface area contributed by atoms with E-state index in [1.54, 1.807) is 13.3 Å². The van der Waals surface area contributed by atoms with Crippen LogP contribution in [0.25, 0.3) is 0 Å². The Morgan fingerprint density at radius 2 is 2.40 bits per heavy atom. The van der Waals surface area contributed by atoms with Crippen LogP contribution in [0.4, 0.5) is 0 Å². The molecule has 6 heteroatoms. The second-order valence-corrected chi connectivity index (χ2v) is 4.87. The highest BCUT2D eigenvalue weighted by Crippen LogP contribution is 2.14. The van der Waals surface area contributed by atoms with Crippen LogP contribution in [-0.2, 0) is 4.74 Å². The Bertz CT molecular complexity index is 473. The lowest BCUT2D eigenvalue weighted by atomic mass is 10.2. The van der Waals surface area contributed by atoms with Crippen molar-refractivity contribution >= 4 is 23.5 Å².